The van der Waals surface area contributed by atoms with E-state index < -0.39 is 11.5 Å². The van der Waals surface area contributed by atoms with Gasteiger partial charge in [0.25, 0.3) is 0 Å². The van der Waals surface area contributed by atoms with Crippen LogP contribution in [0.5, 0.6) is 5.75 Å². The van der Waals surface area contributed by atoms with Crippen LogP contribution in [0.4, 0.5) is 0 Å². The molecule has 1 unspecified atom stereocenters. The molecule has 1 N–H and O–H groups in total. The molecule has 0 bridgehead atoms. The van der Waals surface area contributed by atoms with Crippen molar-refractivity contribution in [2.45, 2.75) is 38.1 Å². The molecule has 6 heteroatoms. The highest BCUT2D eigenvalue weighted by atomic mass is 35.5. The normalized spacial score (nSPS) is 20.9. The van der Waals surface area contributed by atoms with Crippen molar-refractivity contribution in [2.24, 2.45) is 0 Å². The quantitative estimate of drug-likeness (QED) is 0.817. The Labute approximate surface area is 134 Å². The first kappa shape index (κ1) is 16.6. The fourth-order valence-corrected chi connectivity index (χ4v) is 2.88. The third-order valence-electron chi connectivity index (χ3n) is 4.03. The third kappa shape index (κ3) is 3.53. The van der Waals surface area contributed by atoms with E-state index in [1.807, 2.05) is 12.1 Å². The molecule has 1 aromatic rings. The maximum Gasteiger partial charge on any atom is 0.329 e. The molecule has 5 nitrogen and oxygen atoms in total. The molecule has 1 aromatic carbocycles. The molecule has 0 spiro atoms. The van der Waals surface area contributed by atoms with Gasteiger partial charge in [-0.15, -0.1) is 0 Å². The summed E-state index contributed by atoms with van der Waals surface area (Å²) in [6.07, 6.45) is 2.03. The molecule has 1 aliphatic heterocycles. The van der Waals surface area contributed by atoms with Gasteiger partial charge in [-0.05, 0) is 38.3 Å². The predicted molar refractivity (Wildman–Crippen MR) is 83.2 cm³/mol. The number of benzene rings is 1. The largest absolute Gasteiger partial charge is 0.492 e. The summed E-state index contributed by atoms with van der Waals surface area (Å²) < 4.78 is 5.53. The van der Waals surface area contributed by atoms with Crippen molar-refractivity contribution in [3.05, 3.63) is 29.3 Å². The highest BCUT2D eigenvalue weighted by Crippen LogP contribution is 2.30. The lowest BCUT2D eigenvalue weighted by Crippen LogP contribution is -2.50. The zero-order valence-electron chi connectivity index (χ0n) is 12.5. The number of rotatable bonds is 6. The Kier molecular flexibility index (Phi) is 5.29. The number of carboxylic acids is 1. The predicted octanol–water partition coefficient (Wildman–Crippen LogP) is 2.96. The lowest BCUT2D eigenvalue weighted by Gasteiger charge is -2.31. The topological polar surface area (TPSA) is 66.8 Å². The molecule has 0 radical (unpaired) electrons. The van der Waals surface area contributed by atoms with E-state index in [4.69, 9.17) is 16.3 Å². The van der Waals surface area contributed by atoms with Gasteiger partial charge in [-0.2, -0.15) is 0 Å². The third-order valence-corrected chi connectivity index (χ3v) is 4.34. The molecule has 1 aliphatic rings. The van der Waals surface area contributed by atoms with Crippen LogP contribution < -0.4 is 4.74 Å². The summed E-state index contributed by atoms with van der Waals surface area (Å²) in [5.41, 5.74) is -1.07. The van der Waals surface area contributed by atoms with Crippen molar-refractivity contribution in [3.8, 4) is 5.75 Å². The molecule has 0 aliphatic carbocycles. The summed E-state index contributed by atoms with van der Waals surface area (Å²) in [6, 6.07) is 7.16. The van der Waals surface area contributed by atoms with Gasteiger partial charge in [-0.25, -0.2) is 4.79 Å². The van der Waals surface area contributed by atoms with E-state index in [-0.39, 0.29) is 12.3 Å². The number of carbonyl (C=O) groups is 2. The molecule has 2 rings (SSSR count). The van der Waals surface area contributed by atoms with Gasteiger partial charge < -0.3 is 14.7 Å². The van der Waals surface area contributed by atoms with Gasteiger partial charge >= 0.3 is 5.97 Å². The minimum absolute atomic E-state index is 0.134. The summed E-state index contributed by atoms with van der Waals surface area (Å²) >= 11 is 5.98. The number of aliphatic carboxylic acids is 1. The van der Waals surface area contributed by atoms with Crippen LogP contribution in [0.15, 0.2) is 24.3 Å². The van der Waals surface area contributed by atoms with E-state index in [1.54, 1.807) is 19.1 Å². The molecular formula is C16H20ClNO4. The molecule has 0 saturated carbocycles. The standard InChI is InChI=1S/C16H20ClNO4/c1-16(15(20)21)9-5-10-18(16)14(19)8-4-11-22-13-7-3-2-6-12(13)17/h2-3,6-7H,4-5,8-11H2,1H3,(H,20,21). The number of hydrogen-bond donors (Lipinski definition) is 1. The fourth-order valence-electron chi connectivity index (χ4n) is 2.69. The smallest absolute Gasteiger partial charge is 0.329 e. The Morgan fingerprint density at radius 3 is 2.82 bits per heavy atom. The number of amides is 1. The Hall–Kier alpha value is -1.75. The van der Waals surface area contributed by atoms with Crippen LogP contribution in [0.25, 0.3) is 0 Å². The number of likely N-dealkylation sites (tertiary alicyclic amines) is 1. The Morgan fingerprint density at radius 2 is 2.14 bits per heavy atom. The summed E-state index contributed by atoms with van der Waals surface area (Å²) in [6.45, 7) is 2.49. The SMILES string of the molecule is CC1(C(=O)O)CCCN1C(=O)CCCOc1ccccc1Cl. The second kappa shape index (κ2) is 7.01. The van der Waals surface area contributed by atoms with Crippen LogP contribution in [-0.2, 0) is 9.59 Å². The molecule has 1 saturated heterocycles. The molecule has 1 atom stereocenters. The van der Waals surface area contributed by atoms with Gasteiger partial charge in [0.1, 0.15) is 11.3 Å². The Balaban J connectivity index is 1.81. The highest BCUT2D eigenvalue weighted by molar-refractivity contribution is 6.32. The van der Waals surface area contributed by atoms with E-state index in [0.29, 0.717) is 36.8 Å². The number of nitrogens with zero attached hydrogens (tertiary/aromatic N) is 1. The van der Waals surface area contributed by atoms with Gasteiger partial charge in [0, 0.05) is 13.0 Å². The van der Waals surface area contributed by atoms with Crippen molar-refractivity contribution in [3.63, 3.8) is 0 Å². The number of para-hydroxylation sites is 1. The first-order chi connectivity index (χ1) is 10.4. The van der Waals surface area contributed by atoms with Crippen molar-refractivity contribution in [2.75, 3.05) is 13.2 Å². The zero-order chi connectivity index (χ0) is 16.2. The lowest BCUT2D eigenvalue weighted by atomic mass is 9.99. The van der Waals surface area contributed by atoms with E-state index >= 15 is 0 Å². The maximum absolute atomic E-state index is 12.2. The van der Waals surface area contributed by atoms with Gasteiger partial charge in [-0.1, -0.05) is 23.7 Å². The lowest BCUT2D eigenvalue weighted by molar-refractivity contribution is -0.155. The van der Waals surface area contributed by atoms with Crippen LogP contribution in [0, 0.1) is 0 Å². The highest BCUT2D eigenvalue weighted by Gasteiger charge is 2.45. The van der Waals surface area contributed by atoms with E-state index in [9.17, 15) is 14.7 Å². The van der Waals surface area contributed by atoms with Crippen LogP contribution in [0.3, 0.4) is 0 Å². The summed E-state index contributed by atoms with van der Waals surface area (Å²) in [4.78, 5) is 25.1. The van der Waals surface area contributed by atoms with Crippen molar-refractivity contribution in [1.82, 2.24) is 4.90 Å². The van der Waals surface area contributed by atoms with Crippen molar-refractivity contribution in [1.29, 1.82) is 0 Å². The van der Waals surface area contributed by atoms with Crippen LogP contribution in [0.2, 0.25) is 5.02 Å². The Bertz CT molecular complexity index is 563. The van der Waals surface area contributed by atoms with Gasteiger partial charge in [-0.3, -0.25) is 4.79 Å². The van der Waals surface area contributed by atoms with Crippen molar-refractivity contribution < 1.29 is 19.4 Å². The fraction of sp³-hybridized carbons (Fsp3) is 0.500. The minimum atomic E-state index is -1.07. The molecule has 120 valence electrons. The van der Waals surface area contributed by atoms with Crippen LogP contribution >= 0.6 is 11.6 Å². The molecule has 1 amide bonds. The Morgan fingerprint density at radius 1 is 1.41 bits per heavy atom. The molecule has 1 fully saturated rings. The summed E-state index contributed by atoms with van der Waals surface area (Å²) in [5, 5.41) is 9.84. The van der Waals surface area contributed by atoms with Crippen LogP contribution in [-0.4, -0.2) is 40.6 Å². The average Bonchev–Trinajstić information content (AvgIpc) is 2.88. The van der Waals surface area contributed by atoms with E-state index in [2.05, 4.69) is 0 Å². The summed E-state index contributed by atoms with van der Waals surface area (Å²) in [5.74, 6) is -0.482. The average molecular weight is 326 g/mol. The zero-order valence-corrected chi connectivity index (χ0v) is 13.3. The number of carboxylic acid groups (broad SMARTS) is 1. The summed E-state index contributed by atoms with van der Waals surface area (Å²) in [7, 11) is 0. The maximum atomic E-state index is 12.2. The first-order valence-corrected chi connectivity index (χ1v) is 7.74. The van der Waals surface area contributed by atoms with E-state index in [0.717, 1.165) is 6.42 Å². The molecule has 1 heterocycles. The number of hydrogen-bond acceptors (Lipinski definition) is 3. The monoisotopic (exact) mass is 325 g/mol. The molecule has 0 aromatic heterocycles. The van der Waals surface area contributed by atoms with Crippen LogP contribution in [0.1, 0.15) is 32.6 Å². The number of ether oxygens (including phenoxy) is 1. The second-order valence-corrected chi connectivity index (χ2v) is 6.02. The number of carbonyl (C=O) groups excluding carboxylic acids is 1. The van der Waals surface area contributed by atoms with Gasteiger partial charge in [0.2, 0.25) is 5.91 Å². The minimum Gasteiger partial charge on any atom is -0.492 e. The molecule has 22 heavy (non-hydrogen) atoms. The van der Waals surface area contributed by atoms with E-state index in [1.165, 1.54) is 4.90 Å². The molecular weight excluding hydrogens is 306 g/mol. The van der Waals surface area contributed by atoms with Gasteiger partial charge in [0.05, 0.1) is 11.6 Å². The number of halogens is 1. The van der Waals surface area contributed by atoms with Gasteiger partial charge in [0.15, 0.2) is 0 Å². The second-order valence-electron chi connectivity index (χ2n) is 5.61. The van der Waals surface area contributed by atoms with Crippen molar-refractivity contribution >= 4 is 23.5 Å². The first-order valence-electron chi connectivity index (χ1n) is 7.36.